The second-order valence-corrected chi connectivity index (χ2v) is 9.04. The van der Waals surface area contributed by atoms with Crippen molar-refractivity contribution in [3.05, 3.63) is 60.7 Å². The van der Waals surface area contributed by atoms with E-state index in [1.807, 2.05) is 45.0 Å². The summed E-state index contributed by atoms with van der Waals surface area (Å²) in [6, 6.07) is 7.57. The summed E-state index contributed by atoms with van der Waals surface area (Å²) in [7, 11) is 0. The van der Waals surface area contributed by atoms with Crippen molar-refractivity contribution in [1.29, 1.82) is 5.26 Å². The number of aryl methyl sites for hydroxylation is 1. The van der Waals surface area contributed by atoms with Gasteiger partial charge in [0.15, 0.2) is 0 Å². The van der Waals surface area contributed by atoms with Gasteiger partial charge in [-0.15, -0.1) is 11.3 Å². The summed E-state index contributed by atoms with van der Waals surface area (Å²) < 4.78 is 7.40. The Morgan fingerprint density at radius 2 is 2.06 bits per heavy atom. The number of aromatic hydroxyl groups is 1. The topological polar surface area (TPSA) is 92.3 Å². The average Bonchev–Trinajstić information content (AvgIpc) is 3.03. The molecule has 8 heteroatoms. The highest BCUT2D eigenvalue weighted by Gasteiger charge is 2.28. The Morgan fingerprint density at radius 1 is 1.35 bits per heavy atom. The number of hydrogen-bond acceptors (Lipinski definition) is 6. The molecule has 3 aromatic rings. The molecule has 3 rings (SSSR count). The van der Waals surface area contributed by atoms with E-state index in [-0.39, 0.29) is 34.2 Å². The van der Waals surface area contributed by atoms with Crippen LogP contribution in [0.3, 0.4) is 0 Å². The fourth-order valence-electron chi connectivity index (χ4n) is 3.40. The van der Waals surface area contributed by atoms with Gasteiger partial charge >= 0.3 is 0 Å². The summed E-state index contributed by atoms with van der Waals surface area (Å²) in [4.78, 5) is 26.4. The molecule has 0 aliphatic carbocycles. The van der Waals surface area contributed by atoms with Crippen molar-refractivity contribution >= 4 is 38.8 Å². The quantitative estimate of drug-likeness (QED) is 0.399. The number of fused-ring (bicyclic) bond motifs is 1. The van der Waals surface area contributed by atoms with E-state index in [4.69, 9.17) is 16.3 Å². The van der Waals surface area contributed by atoms with Gasteiger partial charge in [-0.1, -0.05) is 23.7 Å². The molecule has 1 aromatic carbocycles. The van der Waals surface area contributed by atoms with Crippen molar-refractivity contribution < 1.29 is 14.6 Å². The van der Waals surface area contributed by atoms with Gasteiger partial charge in [0.05, 0.1) is 21.6 Å². The molecule has 0 radical (unpaired) electrons. The van der Waals surface area contributed by atoms with Gasteiger partial charge in [-0.05, 0) is 51.3 Å². The van der Waals surface area contributed by atoms with Crippen LogP contribution in [0.1, 0.15) is 52.2 Å². The van der Waals surface area contributed by atoms with Crippen molar-refractivity contribution in [2.75, 3.05) is 6.61 Å². The molecule has 0 saturated carbocycles. The number of ketones is 1. The third kappa shape index (κ3) is 4.38. The number of thiophene rings is 1. The van der Waals surface area contributed by atoms with Crippen molar-refractivity contribution in [2.45, 2.75) is 46.8 Å². The molecule has 0 atom stereocenters. The minimum absolute atomic E-state index is 0.0360. The van der Waals surface area contributed by atoms with Crippen LogP contribution in [0.4, 0.5) is 0 Å². The molecule has 0 aliphatic rings. The summed E-state index contributed by atoms with van der Waals surface area (Å²) >= 11 is 7.72. The van der Waals surface area contributed by atoms with Crippen LogP contribution in [0.15, 0.2) is 23.0 Å². The fourth-order valence-corrected chi connectivity index (χ4v) is 4.97. The summed E-state index contributed by atoms with van der Waals surface area (Å²) in [5.41, 5.74) is 0.309. The molecule has 0 unspecified atom stereocenters. The number of rotatable bonds is 7. The van der Waals surface area contributed by atoms with E-state index < -0.39 is 17.2 Å². The first-order valence-corrected chi connectivity index (χ1v) is 11.1. The Hall–Kier alpha value is -2.66. The number of nitriles is 1. The molecule has 0 bridgehead atoms. The van der Waals surface area contributed by atoms with Crippen molar-refractivity contribution in [1.82, 2.24) is 4.57 Å². The van der Waals surface area contributed by atoms with Gasteiger partial charge < -0.3 is 9.84 Å². The Labute approximate surface area is 189 Å². The number of carbonyl (C=O) groups is 1. The predicted octanol–water partition coefficient (Wildman–Crippen LogP) is 4.96. The van der Waals surface area contributed by atoms with Crippen LogP contribution in [0.25, 0.3) is 10.1 Å². The van der Waals surface area contributed by atoms with Gasteiger partial charge in [-0.2, -0.15) is 5.26 Å². The van der Waals surface area contributed by atoms with Gasteiger partial charge in [0.2, 0.25) is 11.7 Å². The first-order valence-electron chi connectivity index (χ1n) is 9.88. The van der Waals surface area contributed by atoms with Gasteiger partial charge in [0.1, 0.15) is 11.6 Å². The van der Waals surface area contributed by atoms with Crippen LogP contribution in [0.2, 0.25) is 5.02 Å². The maximum Gasteiger partial charge on any atom is 0.271 e. The Kier molecular flexibility index (Phi) is 6.85. The molecule has 31 heavy (non-hydrogen) atoms. The molecule has 162 valence electrons. The van der Waals surface area contributed by atoms with Crippen molar-refractivity contribution in [3.63, 3.8) is 0 Å². The number of ether oxygens (including phenoxy) is 1. The average molecular weight is 459 g/mol. The SMILES string of the molecule is Cc1ccc2c(Cl)c(C(=O)c3c(C)c(C#N)c(=O)n(CCCOC(C)C)c3O)sc2c1. The minimum atomic E-state index is -0.628. The van der Waals surface area contributed by atoms with Crippen LogP contribution < -0.4 is 5.56 Å². The van der Waals surface area contributed by atoms with Gasteiger partial charge in [0, 0.05) is 23.2 Å². The smallest absolute Gasteiger partial charge is 0.271 e. The number of aromatic nitrogens is 1. The molecular weight excluding hydrogens is 436 g/mol. The lowest BCUT2D eigenvalue weighted by molar-refractivity contribution is 0.0743. The number of halogens is 1. The third-order valence-electron chi connectivity index (χ3n) is 5.00. The lowest BCUT2D eigenvalue weighted by Gasteiger charge is -2.15. The van der Waals surface area contributed by atoms with E-state index in [9.17, 15) is 20.0 Å². The van der Waals surface area contributed by atoms with Gasteiger partial charge in [-0.3, -0.25) is 14.2 Å². The molecule has 2 heterocycles. The van der Waals surface area contributed by atoms with Crippen molar-refractivity contribution in [3.8, 4) is 11.9 Å². The second-order valence-electron chi connectivity index (χ2n) is 7.61. The molecule has 0 spiro atoms. The van der Waals surface area contributed by atoms with Crippen LogP contribution in [-0.4, -0.2) is 28.2 Å². The molecule has 2 aromatic heterocycles. The lowest BCUT2D eigenvalue weighted by Crippen LogP contribution is -2.27. The van der Waals surface area contributed by atoms with E-state index in [1.54, 1.807) is 0 Å². The van der Waals surface area contributed by atoms with Gasteiger partial charge in [0.25, 0.3) is 5.56 Å². The van der Waals surface area contributed by atoms with E-state index >= 15 is 0 Å². The van der Waals surface area contributed by atoms with E-state index in [0.29, 0.717) is 18.1 Å². The Bertz CT molecular complexity index is 1270. The molecule has 6 nitrogen and oxygen atoms in total. The zero-order valence-electron chi connectivity index (χ0n) is 17.8. The molecule has 0 aliphatic heterocycles. The summed E-state index contributed by atoms with van der Waals surface area (Å²) in [6.45, 7) is 7.73. The normalized spacial score (nSPS) is 11.3. The van der Waals surface area contributed by atoms with E-state index in [1.165, 1.54) is 18.3 Å². The number of hydrogen-bond donors (Lipinski definition) is 1. The number of benzene rings is 1. The van der Waals surface area contributed by atoms with Gasteiger partial charge in [-0.25, -0.2) is 0 Å². The minimum Gasteiger partial charge on any atom is -0.494 e. The summed E-state index contributed by atoms with van der Waals surface area (Å²) in [5, 5.41) is 21.4. The summed E-state index contributed by atoms with van der Waals surface area (Å²) in [6.07, 6.45) is 0.477. The van der Waals surface area contributed by atoms with E-state index in [2.05, 4.69) is 0 Å². The standard InChI is InChI=1S/C23H23ClN2O4S/c1-12(2)30-9-5-8-26-22(28)16(11-25)14(4)18(23(26)29)20(27)21-19(24)15-7-6-13(3)10-17(15)31-21/h6-7,10,12,29H,5,8-9H2,1-4H3. The van der Waals surface area contributed by atoms with Crippen LogP contribution >= 0.6 is 22.9 Å². The molecule has 0 saturated heterocycles. The maximum absolute atomic E-state index is 13.4. The maximum atomic E-state index is 13.4. The first kappa shape index (κ1) is 23.0. The predicted molar refractivity (Wildman–Crippen MR) is 123 cm³/mol. The fraction of sp³-hybridized carbons (Fsp3) is 0.348. The Balaban J connectivity index is 2.11. The van der Waals surface area contributed by atoms with Crippen molar-refractivity contribution in [2.24, 2.45) is 0 Å². The molecule has 1 N–H and O–H groups in total. The zero-order chi connectivity index (χ0) is 22.9. The molecular formula is C23H23ClN2O4S. The monoisotopic (exact) mass is 458 g/mol. The largest absolute Gasteiger partial charge is 0.494 e. The molecule has 0 amide bonds. The highest BCUT2D eigenvalue weighted by molar-refractivity contribution is 7.21. The van der Waals surface area contributed by atoms with Crippen LogP contribution in [0.5, 0.6) is 5.88 Å². The molecule has 0 fully saturated rings. The summed E-state index contributed by atoms with van der Waals surface area (Å²) in [5.74, 6) is -0.969. The first-order chi connectivity index (χ1) is 14.7. The third-order valence-corrected chi connectivity index (χ3v) is 6.65. The Morgan fingerprint density at radius 3 is 2.71 bits per heavy atom. The second kappa shape index (κ2) is 9.23. The highest BCUT2D eigenvalue weighted by Crippen LogP contribution is 2.38. The lowest BCUT2D eigenvalue weighted by atomic mass is 10.0. The van der Waals surface area contributed by atoms with Crippen LogP contribution in [-0.2, 0) is 11.3 Å². The zero-order valence-corrected chi connectivity index (χ0v) is 19.4. The highest BCUT2D eigenvalue weighted by atomic mass is 35.5. The van der Waals surface area contributed by atoms with E-state index in [0.717, 1.165) is 20.2 Å². The van der Waals surface area contributed by atoms with Crippen LogP contribution in [0, 0.1) is 25.2 Å². The number of carbonyl (C=O) groups excluding carboxylic acids is 1. The number of pyridine rings is 1. The number of nitrogens with zero attached hydrogens (tertiary/aromatic N) is 2.